The van der Waals surface area contributed by atoms with Gasteiger partial charge in [-0.05, 0) is 49.4 Å². The monoisotopic (exact) mass is 366 g/mol. The van der Waals surface area contributed by atoms with Crippen LogP contribution in [0, 0.1) is 0 Å². The van der Waals surface area contributed by atoms with Crippen molar-refractivity contribution in [2.75, 3.05) is 0 Å². The molecule has 21 heavy (non-hydrogen) atoms. The van der Waals surface area contributed by atoms with Crippen LogP contribution in [0.25, 0.3) is 0 Å². The SMILES string of the molecule is CC(=NNC(=O)c1ccc(Cl)cc1)c1cc(Br)ccc1O. The number of phenolic OH excluding ortho intramolecular Hbond substituents is 1. The zero-order valence-electron chi connectivity index (χ0n) is 11.1. The highest BCUT2D eigenvalue weighted by Gasteiger charge is 2.07. The molecule has 6 heteroatoms. The van der Waals surface area contributed by atoms with Gasteiger partial charge in [0, 0.05) is 20.6 Å². The minimum atomic E-state index is -0.347. The van der Waals surface area contributed by atoms with Gasteiger partial charge in [-0.2, -0.15) is 5.10 Å². The molecular weight excluding hydrogens is 356 g/mol. The van der Waals surface area contributed by atoms with E-state index in [2.05, 4.69) is 26.5 Å². The number of halogens is 2. The first-order chi connectivity index (χ1) is 9.97. The minimum absolute atomic E-state index is 0.0974. The lowest BCUT2D eigenvalue weighted by molar-refractivity contribution is 0.0955. The van der Waals surface area contributed by atoms with E-state index in [1.807, 2.05) is 0 Å². The van der Waals surface area contributed by atoms with Gasteiger partial charge in [0.1, 0.15) is 5.75 Å². The van der Waals surface area contributed by atoms with Crippen LogP contribution in [-0.2, 0) is 0 Å². The third kappa shape index (κ3) is 4.06. The summed E-state index contributed by atoms with van der Waals surface area (Å²) in [6.45, 7) is 1.70. The fraction of sp³-hybridized carbons (Fsp3) is 0.0667. The van der Waals surface area contributed by atoms with Crippen LogP contribution in [0.4, 0.5) is 0 Å². The van der Waals surface area contributed by atoms with E-state index in [4.69, 9.17) is 11.6 Å². The van der Waals surface area contributed by atoms with E-state index < -0.39 is 0 Å². The van der Waals surface area contributed by atoms with Gasteiger partial charge in [-0.15, -0.1) is 0 Å². The first kappa shape index (κ1) is 15.5. The van der Waals surface area contributed by atoms with Crippen molar-refractivity contribution in [1.82, 2.24) is 5.43 Å². The Bertz CT molecular complexity index is 699. The molecule has 0 spiro atoms. The van der Waals surface area contributed by atoms with Gasteiger partial charge in [-0.25, -0.2) is 5.43 Å². The summed E-state index contributed by atoms with van der Waals surface area (Å²) in [6.07, 6.45) is 0. The maximum Gasteiger partial charge on any atom is 0.271 e. The molecule has 0 aliphatic rings. The summed E-state index contributed by atoms with van der Waals surface area (Å²) in [5.74, 6) is -0.249. The van der Waals surface area contributed by atoms with Crippen molar-refractivity contribution in [3.8, 4) is 5.75 Å². The summed E-state index contributed by atoms with van der Waals surface area (Å²) in [5.41, 5.74) is 3.93. The molecule has 2 N–H and O–H groups in total. The van der Waals surface area contributed by atoms with Crippen molar-refractivity contribution in [2.24, 2.45) is 5.10 Å². The zero-order chi connectivity index (χ0) is 15.4. The number of rotatable bonds is 3. The van der Waals surface area contributed by atoms with E-state index in [1.165, 1.54) is 0 Å². The molecule has 0 fully saturated rings. The summed E-state index contributed by atoms with van der Waals surface area (Å²) >= 11 is 9.09. The van der Waals surface area contributed by atoms with Crippen molar-refractivity contribution in [3.63, 3.8) is 0 Å². The first-order valence-corrected chi connectivity index (χ1v) is 7.23. The summed E-state index contributed by atoms with van der Waals surface area (Å²) in [4.78, 5) is 11.9. The fourth-order valence-electron chi connectivity index (χ4n) is 1.66. The van der Waals surface area contributed by atoms with Crippen molar-refractivity contribution in [1.29, 1.82) is 0 Å². The van der Waals surface area contributed by atoms with Crippen molar-refractivity contribution in [2.45, 2.75) is 6.92 Å². The molecule has 0 atom stereocenters. The second-order valence-electron chi connectivity index (χ2n) is 4.31. The maximum absolute atomic E-state index is 11.9. The van der Waals surface area contributed by atoms with E-state index in [-0.39, 0.29) is 11.7 Å². The highest BCUT2D eigenvalue weighted by Crippen LogP contribution is 2.22. The predicted octanol–water partition coefficient (Wildman–Crippen LogP) is 3.96. The van der Waals surface area contributed by atoms with Gasteiger partial charge in [-0.3, -0.25) is 4.79 Å². The Morgan fingerprint density at radius 3 is 2.57 bits per heavy atom. The molecule has 2 aromatic carbocycles. The predicted molar refractivity (Wildman–Crippen MR) is 86.9 cm³/mol. The van der Waals surface area contributed by atoms with E-state index >= 15 is 0 Å². The number of hydrogen-bond donors (Lipinski definition) is 2. The number of amides is 1. The van der Waals surface area contributed by atoms with Crippen LogP contribution < -0.4 is 5.43 Å². The molecule has 0 aliphatic heterocycles. The molecule has 0 saturated carbocycles. The average molecular weight is 368 g/mol. The maximum atomic E-state index is 11.9. The van der Waals surface area contributed by atoms with Gasteiger partial charge in [0.05, 0.1) is 5.71 Å². The van der Waals surface area contributed by atoms with Crippen molar-refractivity contribution >= 4 is 39.1 Å². The van der Waals surface area contributed by atoms with Gasteiger partial charge >= 0.3 is 0 Å². The number of hydrazone groups is 1. The number of carbonyl (C=O) groups excluding carboxylic acids is 1. The standard InChI is InChI=1S/C15H12BrClN2O2/c1-9(13-8-11(16)4-7-14(13)20)18-19-15(21)10-2-5-12(17)6-3-10/h2-8,20H,1H3,(H,19,21). The van der Waals surface area contributed by atoms with Gasteiger partial charge < -0.3 is 5.11 Å². The lowest BCUT2D eigenvalue weighted by atomic mass is 10.1. The van der Waals surface area contributed by atoms with Crippen LogP contribution in [0.15, 0.2) is 52.0 Å². The fourth-order valence-corrected chi connectivity index (χ4v) is 2.15. The number of nitrogens with zero attached hydrogens (tertiary/aromatic N) is 1. The molecule has 0 unspecified atom stereocenters. The summed E-state index contributed by atoms with van der Waals surface area (Å²) in [7, 11) is 0. The van der Waals surface area contributed by atoms with Crippen LogP contribution in [0.2, 0.25) is 5.02 Å². The molecule has 4 nitrogen and oxygen atoms in total. The second kappa shape index (κ2) is 6.74. The van der Waals surface area contributed by atoms with Crippen molar-refractivity contribution < 1.29 is 9.90 Å². The number of carbonyl (C=O) groups is 1. The molecule has 0 saturated heterocycles. The molecule has 0 heterocycles. The largest absolute Gasteiger partial charge is 0.507 e. The summed E-state index contributed by atoms with van der Waals surface area (Å²) < 4.78 is 0.814. The first-order valence-electron chi connectivity index (χ1n) is 6.06. The topological polar surface area (TPSA) is 61.7 Å². The molecule has 2 rings (SSSR count). The van der Waals surface area contributed by atoms with Crippen LogP contribution in [0.5, 0.6) is 5.75 Å². The van der Waals surface area contributed by atoms with Crippen LogP contribution in [0.1, 0.15) is 22.8 Å². The Balaban J connectivity index is 2.14. The Morgan fingerprint density at radius 1 is 1.24 bits per heavy atom. The minimum Gasteiger partial charge on any atom is -0.507 e. The van der Waals surface area contributed by atoms with E-state index in [1.54, 1.807) is 49.4 Å². The smallest absolute Gasteiger partial charge is 0.271 e. The number of hydrogen-bond acceptors (Lipinski definition) is 3. The normalized spacial score (nSPS) is 11.3. The zero-order valence-corrected chi connectivity index (χ0v) is 13.4. The number of benzene rings is 2. The number of phenols is 1. The van der Waals surface area contributed by atoms with Crippen LogP contribution in [-0.4, -0.2) is 16.7 Å². The molecule has 0 aliphatic carbocycles. The summed E-state index contributed by atoms with van der Waals surface area (Å²) in [6, 6.07) is 11.5. The summed E-state index contributed by atoms with van der Waals surface area (Å²) in [5, 5.41) is 14.3. The Morgan fingerprint density at radius 2 is 1.90 bits per heavy atom. The third-order valence-corrected chi connectivity index (χ3v) is 3.53. The molecular formula is C15H12BrClN2O2. The average Bonchev–Trinajstić information content (AvgIpc) is 2.47. The molecule has 1 amide bonds. The van der Waals surface area contributed by atoms with Crippen molar-refractivity contribution in [3.05, 3.63) is 63.1 Å². The Hall–Kier alpha value is -1.85. The number of aromatic hydroxyl groups is 1. The lowest BCUT2D eigenvalue weighted by Gasteiger charge is -2.06. The Kier molecular flexibility index (Phi) is 4.98. The van der Waals surface area contributed by atoms with Crippen LogP contribution >= 0.6 is 27.5 Å². The van der Waals surface area contributed by atoms with Gasteiger partial charge in [0.25, 0.3) is 5.91 Å². The molecule has 2 aromatic rings. The molecule has 0 aromatic heterocycles. The van der Waals surface area contributed by atoms with Gasteiger partial charge in [-0.1, -0.05) is 27.5 Å². The molecule has 0 radical (unpaired) electrons. The third-order valence-electron chi connectivity index (χ3n) is 2.78. The van der Waals surface area contributed by atoms with Gasteiger partial charge in [0.15, 0.2) is 0 Å². The molecule has 108 valence electrons. The van der Waals surface area contributed by atoms with E-state index in [9.17, 15) is 9.90 Å². The van der Waals surface area contributed by atoms with Crippen LogP contribution in [0.3, 0.4) is 0 Å². The highest BCUT2D eigenvalue weighted by atomic mass is 79.9. The Labute approximate surface area is 135 Å². The van der Waals surface area contributed by atoms with Gasteiger partial charge in [0.2, 0.25) is 0 Å². The lowest BCUT2D eigenvalue weighted by Crippen LogP contribution is -2.19. The molecule has 0 bridgehead atoms. The highest BCUT2D eigenvalue weighted by molar-refractivity contribution is 9.10. The second-order valence-corrected chi connectivity index (χ2v) is 5.66. The quantitative estimate of drug-likeness (QED) is 0.637. The van der Waals surface area contributed by atoms with E-state index in [0.29, 0.717) is 21.9 Å². The van der Waals surface area contributed by atoms with E-state index in [0.717, 1.165) is 4.47 Å². The number of nitrogens with one attached hydrogen (secondary N) is 1.